The number of nitrogens with one attached hydrogen (secondary N) is 6. The summed E-state index contributed by atoms with van der Waals surface area (Å²) >= 11 is 0. The van der Waals surface area contributed by atoms with Gasteiger partial charge in [-0.2, -0.15) is 0 Å². The molecule has 22 heteroatoms. The van der Waals surface area contributed by atoms with Gasteiger partial charge in [0, 0.05) is 47.1 Å². The van der Waals surface area contributed by atoms with E-state index in [0.717, 1.165) is 0 Å². The van der Waals surface area contributed by atoms with Gasteiger partial charge in [-0.3, -0.25) is 33.7 Å². The molecule has 0 aliphatic heterocycles. The number of aliphatic hydroxyl groups excluding tert-OH is 1. The van der Waals surface area contributed by atoms with Crippen LogP contribution in [0, 0.1) is 29.6 Å². The molecule has 0 aromatic heterocycles. The largest absolute Gasteiger partial charge is 0.445 e. The Morgan fingerprint density at radius 2 is 1.32 bits per heavy atom. The van der Waals surface area contributed by atoms with Gasteiger partial charge in [-0.1, -0.05) is 118 Å². The van der Waals surface area contributed by atoms with Crippen molar-refractivity contribution in [1.29, 1.82) is 0 Å². The van der Waals surface area contributed by atoms with Gasteiger partial charge in [0.05, 0.1) is 54.8 Å². The van der Waals surface area contributed by atoms with Crippen LogP contribution in [-0.2, 0) is 49.6 Å². The molecule has 0 aliphatic rings. The van der Waals surface area contributed by atoms with Crippen LogP contribution in [-0.4, -0.2) is 170 Å². The third-order valence-corrected chi connectivity index (χ3v) is 15.3. The van der Waals surface area contributed by atoms with Gasteiger partial charge in [-0.05, 0) is 87.1 Å². The van der Waals surface area contributed by atoms with Gasteiger partial charge in [0.1, 0.15) is 24.7 Å². The summed E-state index contributed by atoms with van der Waals surface area (Å²) in [5.74, 6) is -4.16. The van der Waals surface area contributed by atoms with Crippen LogP contribution in [0.4, 0.5) is 15.3 Å². The van der Waals surface area contributed by atoms with Crippen LogP contribution in [0.15, 0.2) is 54.6 Å². The Hall–Kier alpha value is -6.36. The van der Waals surface area contributed by atoms with E-state index in [1.165, 1.54) is 26.2 Å². The van der Waals surface area contributed by atoms with E-state index in [9.17, 15) is 43.5 Å². The highest BCUT2D eigenvalue weighted by Crippen LogP contribution is 2.27. The Balaban J connectivity index is 2.24. The fraction of sp³-hybridized carbons (Fsp3) is 0.667. The van der Waals surface area contributed by atoms with Crippen LogP contribution in [0.5, 0.6) is 0 Å². The molecule has 12 atom stereocenters. The number of benzene rings is 2. The van der Waals surface area contributed by atoms with Crippen molar-refractivity contribution in [3.63, 3.8) is 0 Å². The van der Waals surface area contributed by atoms with Crippen LogP contribution in [0.25, 0.3) is 0 Å². The molecule has 22 nitrogen and oxygen atoms in total. The summed E-state index contributed by atoms with van der Waals surface area (Å²) in [6.45, 7) is 22.5. The van der Waals surface area contributed by atoms with E-state index >= 15 is 0 Å². The highest BCUT2D eigenvalue weighted by Gasteiger charge is 2.42. The Kier molecular flexibility index (Phi) is 31.1. The Labute approximate surface area is 487 Å². The van der Waals surface area contributed by atoms with Crippen molar-refractivity contribution in [3.05, 3.63) is 65.7 Å². The molecule has 2 aromatic carbocycles. The lowest BCUT2D eigenvalue weighted by Crippen LogP contribution is -2.60. The number of nitrogens with two attached hydrogens (primary N) is 1. The lowest BCUT2D eigenvalue weighted by atomic mass is 9.89. The summed E-state index contributed by atoms with van der Waals surface area (Å²) < 4.78 is 17.7. The number of primary amides is 1. The minimum Gasteiger partial charge on any atom is -0.445 e. The number of urea groups is 1. The number of methoxy groups -OCH3 is 2. The highest BCUT2D eigenvalue weighted by molar-refractivity contribution is 5.98. The van der Waals surface area contributed by atoms with E-state index < -0.39 is 108 Å². The second-order valence-corrected chi connectivity index (χ2v) is 22.5. The average molecular weight is 1150 g/mol. The van der Waals surface area contributed by atoms with Crippen LogP contribution >= 0.6 is 0 Å². The first-order chi connectivity index (χ1) is 38.6. The molecular formula is C60H100N10O12. The maximum Gasteiger partial charge on any atom is 0.410 e. The van der Waals surface area contributed by atoms with Crippen molar-refractivity contribution >= 4 is 53.3 Å². The summed E-state index contributed by atoms with van der Waals surface area (Å²) in [5.41, 5.74) is 6.85. The van der Waals surface area contributed by atoms with E-state index in [-0.39, 0.29) is 55.6 Å². The standard InChI is InChI=1S/C60H100N10O12/c1-18-32-70(41(12)53(81-17)39(10)54(73)64-40(11)52(72)43-24-21-20-22-25-43)47(71)33-46(80-16)51(38(9)19-2)68(14)58(77)49(36(5)6)67-57(76)50(37(7)8)69(15)60(79)82-34-42-27-29-44(30-28-42)65-55(74)45(26-23-31-63-59(61)78)66-56(75)48(62-13)35(3)4/h20-22,24-25,27-30,35-41,45-46,48-53,62,72H,18-19,23,26,31-34H2,1-17H3,(H,64,73)(H,65,74)(H,66,75)(H,67,76)(H3,61,63,78)/t38-,39+,40+,41-,45-,46+,48?,49?,50?,51-,52+,53+/m0/s1. The molecule has 82 heavy (non-hydrogen) atoms. The lowest BCUT2D eigenvalue weighted by molar-refractivity contribution is -0.149. The van der Waals surface area contributed by atoms with Crippen LogP contribution in [0.2, 0.25) is 0 Å². The number of rotatable bonds is 35. The fourth-order valence-electron chi connectivity index (χ4n) is 10.3. The number of hydrogen-bond acceptors (Lipinski definition) is 13. The number of amides is 9. The van der Waals surface area contributed by atoms with E-state index in [4.69, 9.17) is 19.9 Å². The zero-order chi connectivity index (χ0) is 62.1. The van der Waals surface area contributed by atoms with Crippen LogP contribution in [0.3, 0.4) is 0 Å². The molecule has 0 radical (unpaired) electrons. The van der Waals surface area contributed by atoms with Crippen LogP contribution in [0.1, 0.15) is 132 Å². The third-order valence-electron chi connectivity index (χ3n) is 15.3. The Morgan fingerprint density at radius 1 is 0.707 bits per heavy atom. The molecule has 3 unspecified atom stereocenters. The van der Waals surface area contributed by atoms with Gasteiger partial charge >= 0.3 is 12.1 Å². The molecule has 0 saturated heterocycles. The van der Waals surface area contributed by atoms with Gasteiger partial charge in [-0.25, -0.2) is 9.59 Å². The molecule has 2 rings (SSSR count). The van der Waals surface area contributed by atoms with E-state index in [2.05, 4.69) is 31.9 Å². The molecule has 9 amide bonds. The van der Waals surface area contributed by atoms with Gasteiger partial charge in [-0.15, -0.1) is 0 Å². The second-order valence-electron chi connectivity index (χ2n) is 22.5. The predicted molar refractivity (Wildman–Crippen MR) is 317 cm³/mol. The summed E-state index contributed by atoms with van der Waals surface area (Å²) in [4.78, 5) is 113. The van der Waals surface area contributed by atoms with Crippen molar-refractivity contribution in [1.82, 2.24) is 41.3 Å². The van der Waals surface area contributed by atoms with E-state index in [0.29, 0.717) is 42.6 Å². The topological polar surface area (TPSA) is 292 Å². The molecule has 9 N–H and O–H groups in total. The SMILES string of the molecule is CCCN(C(=O)C[C@@H](OC)[C@H]([C@@H](C)CC)N(C)C(=O)C(NC(=O)C(C(C)C)N(C)C(=O)OCc1ccc(NC(=O)[C@H](CCCNC(N)=O)NC(=O)C(NC)C(C)C)cc1)C(C)C)[C@@H](C)[C@H](OC)[C@@H](C)C(=O)N[C@H](C)[C@@H](O)c1ccccc1. The van der Waals surface area contributed by atoms with Crippen molar-refractivity contribution < 1.29 is 57.7 Å². The Morgan fingerprint density at radius 3 is 1.83 bits per heavy atom. The number of anilines is 1. The summed E-state index contributed by atoms with van der Waals surface area (Å²) in [7, 11) is 7.76. The molecule has 0 aliphatic carbocycles. The molecular weight excluding hydrogens is 1050 g/mol. The minimum atomic E-state index is -1.05. The molecule has 0 bridgehead atoms. The predicted octanol–water partition coefficient (Wildman–Crippen LogP) is 5.33. The highest BCUT2D eigenvalue weighted by atomic mass is 16.6. The molecule has 0 fully saturated rings. The van der Waals surface area contributed by atoms with Crippen molar-refractivity contribution in [2.45, 2.75) is 182 Å². The average Bonchev–Trinajstić information content (AvgIpc) is 3.43. The van der Waals surface area contributed by atoms with Crippen molar-refractivity contribution in [2.75, 3.05) is 53.8 Å². The van der Waals surface area contributed by atoms with Gasteiger partial charge in [0.15, 0.2) is 0 Å². The second kappa shape index (κ2) is 35.6. The molecule has 0 saturated carbocycles. The summed E-state index contributed by atoms with van der Waals surface area (Å²) in [6.07, 6.45) is -1.52. The number of ether oxygens (including phenoxy) is 3. The first-order valence-electron chi connectivity index (χ1n) is 28.9. The molecule has 0 spiro atoms. The number of carbonyl (C=O) groups is 8. The van der Waals surface area contributed by atoms with Crippen molar-refractivity contribution in [3.8, 4) is 0 Å². The number of likely N-dealkylation sites (N-methyl/N-ethyl adjacent to an activating group) is 3. The van der Waals surface area contributed by atoms with Crippen molar-refractivity contribution in [2.24, 2.45) is 35.3 Å². The monoisotopic (exact) mass is 1150 g/mol. The summed E-state index contributed by atoms with van der Waals surface area (Å²) in [6, 6.07) is 9.58. The molecule has 2 aromatic rings. The van der Waals surface area contributed by atoms with Gasteiger partial charge in [0.2, 0.25) is 35.4 Å². The van der Waals surface area contributed by atoms with Gasteiger partial charge < -0.3 is 66.8 Å². The number of hydrogen-bond donors (Lipinski definition) is 8. The van der Waals surface area contributed by atoms with E-state index in [1.54, 1.807) is 88.0 Å². The first-order valence-corrected chi connectivity index (χ1v) is 28.9. The van der Waals surface area contributed by atoms with Crippen LogP contribution < -0.4 is 37.6 Å². The summed E-state index contributed by atoms with van der Waals surface area (Å²) in [5, 5.41) is 27.9. The smallest absolute Gasteiger partial charge is 0.410 e. The quantitative estimate of drug-likeness (QED) is 0.0406. The first kappa shape index (κ1) is 71.7. The minimum absolute atomic E-state index is 0.0502. The fourth-order valence-corrected chi connectivity index (χ4v) is 10.3. The number of nitrogens with zero attached hydrogens (tertiary/aromatic N) is 3. The number of aliphatic hydroxyl groups is 1. The normalized spacial score (nSPS) is 15.9. The maximum atomic E-state index is 14.8. The maximum absolute atomic E-state index is 14.8. The molecule has 0 heterocycles. The van der Waals surface area contributed by atoms with E-state index in [1.807, 2.05) is 73.6 Å². The lowest BCUT2D eigenvalue weighted by Gasteiger charge is -2.41. The zero-order valence-electron chi connectivity index (χ0n) is 51.9. The molecule has 462 valence electrons. The van der Waals surface area contributed by atoms with Gasteiger partial charge in [0.25, 0.3) is 0 Å². The zero-order valence-corrected chi connectivity index (χ0v) is 51.9. The Bertz CT molecular complexity index is 2320. The third kappa shape index (κ3) is 21.4. The number of carbonyl (C=O) groups excluding carboxylic acids is 8.